The molecular weight excluding hydrogens is 319 g/mol. The van der Waals surface area contributed by atoms with Gasteiger partial charge in [-0.15, -0.1) is 0 Å². The SMILES string of the molecule is C[C@@H]1C[C@@H](N)CCN1C(=O)c1cccc(COc2cccc(F)c2)c1. The number of hydrogen-bond acceptors (Lipinski definition) is 3. The predicted octanol–water partition coefficient (Wildman–Crippen LogP) is 3.36. The summed E-state index contributed by atoms with van der Waals surface area (Å²) in [6.07, 6.45) is 1.66. The summed E-state index contributed by atoms with van der Waals surface area (Å²) in [5.41, 5.74) is 7.49. The zero-order valence-corrected chi connectivity index (χ0v) is 14.3. The summed E-state index contributed by atoms with van der Waals surface area (Å²) in [6.45, 7) is 3.00. The lowest BCUT2D eigenvalue weighted by Gasteiger charge is -2.36. The van der Waals surface area contributed by atoms with E-state index in [1.807, 2.05) is 36.1 Å². The Balaban J connectivity index is 1.67. The first kappa shape index (κ1) is 17.4. The predicted molar refractivity (Wildman–Crippen MR) is 94.9 cm³/mol. The van der Waals surface area contributed by atoms with Gasteiger partial charge in [-0.05, 0) is 49.6 Å². The Morgan fingerprint density at radius 2 is 2.08 bits per heavy atom. The lowest BCUT2D eigenvalue weighted by atomic mass is 9.98. The summed E-state index contributed by atoms with van der Waals surface area (Å²) in [5.74, 6) is 0.154. The van der Waals surface area contributed by atoms with Crippen molar-refractivity contribution in [2.45, 2.75) is 38.5 Å². The summed E-state index contributed by atoms with van der Waals surface area (Å²) >= 11 is 0. The van der Waals surface area contributed by atoms with E-state index in [-0.39, 0.29) is 30.4 Å². The van der Waals surface area contributed by atoms with Crippen molar-refractivity contribution in [2.24, 2.45) is 5.73 Å². The fourth-order valence-corrected chi connectivity index (χ4v) is 3.19. The second-order valence-electron chi connectivity index (χ2n) is 6.58. The van der Waals surface area contributed by atoms with E-state index < -0.39 is 0 Å². The second-order valence-corrected chi connectivity index (χ2v) is 6.58. The fraction of sp³-hybridized carbons (Fsp3) is 0.350. The number of benzene rings is 2. The molecule has 1 saturated heterocycles. The largest absolute Gasteiger partial charge is 0.489 e. The van der Waals surface area contributed by atoms with Crippen LogP contribution in [0.2, 0.25) is 0 Å². The summed E-state index contributed by atoms with van der Waals surface area (Å²) < 4.78 is 18.8. The van der Waals surface area contributed by atoms with Crippen LogP contribution in [0.25, 0.3) is 0 Å². The lowest BCUT2D eigenvalue weighted by Crippen LogP contribution is -2.48. The van der Waals surface area contributed by atoms with Gasteiger partial charge in [0.15, 0.2) is 0 Å². The quantitative estimate of drug-likeness (QED) is 0.927. The van der Waals surface area contributed by atoms with E-state index in [2.05, 4.69) is 0 Å². The maximum atomic E-state index is 13.2. The van der Waals surface area contributed by atoms with E-state index in [9.17, 15) is 9.18 Å². The molecule has 1 aliphatic rings. The lowest BCUT2D eigenvalue weighted by molar-refractivity contribution is 0.0619. The highest BCUT2D eigenvalue weighted by Gasteiger charge is 2.27. The number of carbonyl (C=O) groups excluding carboxylic acids is 1. The molecule has 0 bridgehead atoms. The number of rotatable bonds is 4. The third-order valence-corrected chi connectivity index (χ3v) is 4.55. The molecule has 2 aromatic rings. The molecule has 1 heterocycles. The Morgan fingerprint density at radius 1 is 1.28 bits per heavy atom. The van der Waals surface area contributed by atoms with Crippen molar-refractivity contribution in [3.05, 3.63) is 65.5 Å². The van der Waals surface area contributed by atoms with Crippen LogP contribution in [0.1, 0.15) is 35.7 Å². The molecule has 25 heavy (non-hydrogen) atoms. The Morgan fingerprint density at radius 3 is 2.84 bits per heavy atom. The highest BCUT2D eigenvalue weighted by Crippen LogP contribution is 2.20. The van der Waals surface area contributed by atoms with Gasteiger partial charge in [0, 0.05) is 30.3 Å². The first-order valence-electron chi connectivity index (χ1n) is 8.57. The summed E-state index contributed by atoms with van der Waals surface area (Å²) in [6, 6.07) is 13.7. The molecule has 132 valence electrons. The molecule has 4 nitrogen and oxygen atoms in total. The molecule has 1 amide bonds. The van der Waals surface area contributed by atoms with Crippen molar-refractivity contribution in [3.63, 3.8) is 0 Å². The zero-order chi connectivity index (χ0) is 17.8. The molecule has 0 spiro atoms. The highest BCUT2D eigenvalue weighted by molar-refractivity contribution is 5.94. The molecule has 0 aliphatic carbocycles. The minimum atomic E-state index is -0.335. The van der Waals surface area contributed by atoms with Crippen LogP contribution in [-0.2, 0) is 6.61 Å². The Labute approximate surface area is 147 Å². The van der Waals surface area contributed by atoms with Gasteiger partial charge < -0.3 is 15.4 Å². The van der Waals surface area contributed by atoms with Gasteiger partial charge in [-0.3, -0.25) is 4.79 Å². The van der Waals surface area contributed by atoms with Gasteiger partial charge in [-0.1, -0.05) is 18.2 Å². The normalized spacial score (nSPS) is 20.4. The molecule has 5 heteroatoms. The monoisotopic (exact) mass is 342 g/mol. The third-order valence-electron chi connectivity index (χ3n) is 4.55. The van der Waals surface area contributed by atoms with Crippen molar-refractivity contribution in [2.75, 3.05) is 6.54 Å². The molecule has 0 aromatic heterocycles. The van der Waals surface area contributed by atoms with E-state index in [0.29, 0.717) is 17.9 Å². The molecule has 1 fully saturated rings. The maximum Gasteiger partial charge on any atom is 0.254 e. The minimum absolute atomic E-state index is 0.0204. The fourth-order valence-electron chi connectivity index (χ4n) is 3.19. The average molecular weight is 342 g/mol. The van der Waals surface area contributed by atoms with Crippen LogP contribution in [-0.4, -0.2) is 29.4 Å². The van der Waals surface area contributed by atoms with Gasteiger partial charge >= 0.3 is 0 Å². The topological polar surface area (TPSA) is 55.6 Å². The van der Waals surface area contributed by atoms with Gasteiger partial charge in [0.2, 0.25) is 0 Å². The Kier molecular flexibility index (Phi) is 5.34. The first-order valence-corrected chi connectivity index (χ1v) is 8.57. The summed E-state index contributed by atoms with van der Waals surface area (Å²) in [4.78, 5) is 14.7. The second kappa shape index (κ2) is 7.66. The van der Waals surface area contributed by atoms with Crippen LogP contribution in [0.4, 0.5) is 4.39 Å². The number of likely N-dealkylation sites (tertiary alicyclic amines) is 1. The summed E-state index contributed by atoms with van der Waals surface area (Å²) in [7, 11) is 0. The third kappa shape index (κ3) is 4.37. The standard InChI is InChI=1S/C20H23FN2O2/c1-14-10-18(22)8-9-23(14)20(24)16-5-2-4-15(11-16)13-25-19-7-3-6-17(21)12-19/h2-7,11-12,14,18H,8-10,13,22H2,1H3/t14-,18+/m1/s1. The number of piperidine rings is 1. The van der Waals surface area contributed by atoms with Crippen LogP contribution in [0, 0.1) is 5.82 Å². The van der Waals surface area contributed by atoms with Gasteiger partial charge in [0.1, 0.15) is 18.2 Å². The minimum Gasteiger partial charge on any atom is -0.489 e. The number of ether oxygens (including phenoxy) is 1. The highest BCUT2D eigenvalue weighted by atomic mass is 19.1. The number of hydrogen-bond donors (Lipinski definition) is 1. The van der Waals surface area contributed by atoms with Gasteiger partial charge in [0.25, 0.3) is 5.91 Å². The van der Waals surface area contributed by atoms with E-state index in [1.165, 1.54) is 12.1 Å². The molecule has 2 N–H and O–H groups in total. The number of nitrogens with zero attached hydrogens (tertiary/aromatic N) is 1. The van der Waals surface area contributed by atoms with Crippen molar-refractivity contribution in [1.82, 2.24) is 4.90 Å². The van der Waals surface area contributed by atoms with E-state index in [0.717, 1.165) is 18.4 Å². The van der Waals surface area contributed by atoms with Crippen LogP contribution in [0.15, 0.2) is 48.5 Å². The maximum absolute atomic E-state index is 13.2. The number of amides is 1. The number of nitrogens with two attached hydrogens (primary N) is 1. The Bertz CT molecular complexity index is 750. The first-order chi connectivity index (χ1) is 12.0. The molecular formula is C20H23FN2O2. The van der Waals surface area contributed by atoms with E-state index in [1.54, 1.807) is 12.1 Å². The number of carbonyl (C=O) groups is 1. The van der Waals surface area contributed by atoms with Crippen LogP contribution in [0.3, 0.4) is 0 Å². The molecule has 2 aromatic carbocycles. The van der Waals surface area contributed by atoms with Crippen molar-refractivity contribution >= 4 is 5.91 Å². The molecule has 3 rings (SSSR count). The summed E-state index contributed by atoms with van der Waals surface area (Å²) in [5, 5.41) is 0. The number of halogens is 1. The molecule has 0 unspecified atom stereocenters. The zero-order valence-electron chi connectivity index (χ0n) is 14.3. The van der Waals surface area contributed by atoms with Gasteiger partial charge in [-0.2, -0.15) is 0 Å². The smallest absolute Gasteiger partial charge is 0.254 e. The Hall–Kier alpha value is -2.40. The average Bonchev–Trinajstić information content (AvgIpc) is 2.60. The van der Waals surface area contributed by atoms with E-state index >= 15 is 0 Å². The van der Waals surface area contributed by atoms with E-state index in [4.69, 9.17) is 10.5 Å². The van der Waals surface area contributed by atoms with Crippen molar-refractivity contribution in [3.8, 4) is 5.75 Å². The van der Waals surface area contributed by atoms with Crippen LogP contribution in [0.5, 0.6) is 5.75 Å². The van der Waals surface area contributed by atoms with Crippen LogP contribution < -0.4 is 10.5 Å². The molecule has 0 saturated carbocycles. The molecule has 1 aliphatic heterocycles. The molecule has 2 atom stereocenters. The molecule has 0 radical (unpaired) electrons. The van der Waals surface area contributed by atoms with Gasteiger partial charge in [-0.25, -0.2) is 4.39 Å². The van der Waals surface area contributed by atoms with Crippen molar-refractivity contribution < 1.29 is 13.9 Å². The van der Waals surface area contributed by atoms with Crippen molar-refractivity contribution in [1.29, 1.82) is 0 Å². The van der Waals surface area contributed by atoms with Crippen LogP contribution >= 0.6 is 0 Å². The van der Waals surface area contributed by atoms with Gasteiger partial charge in [0.05, 0.1) is 0 Å².